The van der Waals surface area contributed by atoms with Gasteiger partial charge < -0.3 is 0 Å². The zero-order chi connectivity index (χ0) is 14.0. The van der Waals surface area contributed by atoms with Gasteiger partial charge in [0.1, 0.15) is 5.82 Å². The van der Waals surface area contributed by atoms with Gasteiger partial charge in [-0.2, -0.15) is 4.31 Å². The lowest BCUT2D eigenvalue weighted by molar-refractivity contribution is 0.250. The predicted octanol–water partition coefficient (Wildman–Crippen LogP) is 3.40. The monoisotopic (exact) mass is 349 g/mol. The summed E-state index contributed by atoms with van der Waals surface area (Å²) in [7, 11) is -3.59. The van der Waals surface area contributed by atoms with Crippen LogP contribution in [0.3, 0.4) is 0 Å². The third kappa shape index (κ3) is 3.17. The van der Waals surface area contributed by atoms with Crippen molar-refractivity contribution < 1.29 is 12.8 Å². The molecule has 0 spiro atoms. The first-order valence-electron chi connectivity index (χ1n) is 6.40. The minimum absolute atomic E-state index is 0.0226. The molecule has 1 aromatic rings. The van der Waals surface area contributed by atoms with E-state index < -0.39 is 15.8 Å². The standard InChI is InChI=1S/C13H17BrFNO2S/c1-2-16(9-10-4-3-5-10)19(17,18)11-6-7-12(14)13(15)8-11/h6-8,10H,2-5,9H2,1H3. The number of hydrogen-bond acceptors (Lipinski definition) is 2. The summed E-state index contributed by atoms with van der Waals surface area (Å²) in [5, 5.41) is 0. The van der Waals surface area contributed by atoms with Crippen molar-refractivity contribution in [3.63, 3.8) is 0 Å². The highest BCUT2D eigenvalue weighted by Gasteiger charge is 2.28. The molecule has 0 aliphatic heterocycles. The number of benzene rings is 1. The van der Waals surface area contributed by atoms with E-state index in [0.717, 1.165) is 18.9 Å². The number of nitrogens with zero attached hydrogens (tertiary/aromatic N) is 1. The van der Waals surface area contributed by atoms with Crippen molar-refractivity contribution in [1.82, 2.24) is 4.31 Å². The molecule has 0 radical (unpaired) electrons. The maximum Gasteiger partial charge on any atom is 0.243 e. The second-order valence-electron chi connectivity index (χ2n) is 4.83. The fraction of sp³-hybridized carbons (Fsp3) is 0.538. The van der Waals surface area contributed by atoms with Gasteiger partial charge >= 0.3 is 0 Å². The Balaban J connectivity index is 2.25. The Labute approximate surface area is 122 Å². The first kappa shape index (κ1) is 14.9. The lowest BCUT2D eigenvalue weighted by atomic mass is 9.85. The molecule has 6 heteroatoms. The van der Waals surface area contributed by atoms with Crippen LogP contribution in [0.4, 0.5) is 4.39 Å². The third-order valence-electron chi connectivity index (χ3n) is 3.57. The van der Waals surface area contributed by atoms with Gasteiger partial charge in [-0.15, -0.1) is 0 Å². The van der Waals surface area contributed by atoms with Gasteiger partial charge in [-0.25, -0.2) is 12.8 Å². The Hall–Kier alpha value is -0.460. The quantitative estimate of drug-likeness (QED) is 0.816. The molecule has 0 amide bonds. The van der Waals surface area contributed by atoms with Crippen LogP contribution in [0.1, 0.15) is 26.2 Å². The largest absolute Gasteiger partial charge is 0.243 e. The van der Waals surface area contributed by atoms with Gasteiger partial charge in [-0.05, 0) is 52.9 Å². The van der Waals surface area contributed by atoms with E-state index in [4.69, 9.17) is 0 Å². The van der Waals surface area contributed by atoms with Crippen molar-refractivity contribution >= 4 is 26.0 Å². The molecule has 19 heavy (non-hydrogen) atoms. The molecule has 0 aromatic heterocycles. The summed E-state index contributed by atoms with van der Waals surface area (Å²) in [5.41, 5.74) is 0. The van der Waals surface area contributed by atoms with Gasteiger partial charge in [-0.3, -0.25) is 0 Å². The summed E-state index contributed by atoms with van der Waals surface area (Å²) in [6.45, 7) is 2.76. The van der Waals surface area contributed by atoms with E-state index in [-0.39, 0.29) is 9.37 Å². The second-order valence-corrected chi connectivity index (χ2v) is 7.62. The first-order chi connectivity index (χ1) is 8.95. The summed E-state index contributed by atoms with van der Waals surface area (Å²) < 4.78 is 40.1. The van der Waals surface area contributed by atoms with Gasteiger partial charge in [0.2, 0.25) is 10.0 Å². The van der Waals surface area contributed by atoms with Crippen LogP contribution in [0, 0.1) is 11.7 Å². The predicted molar refractivity (Wildman–Crippen MR) is 75.9 cm³/mol. The highest BCUT2D eigenvalue weighted by Crippen LogP contribution is 2.29. The van der Waals surface area contributed by atoms with E-state index in [1.807, 2.05) is 6.92 Å². The molecule has 1 fully saturated rings. The Kier molecular flexibility index (Phi) is 4.63. The van der Waals surface area contributed by atoms with Crippen LogP contribution >= 0.6 is 15.9 Å². The molecule has 1 aliphatic carbocycles. The minimum atomic E-state index is -3.59. The van der Waals surface area contributed by atoms with Gasteiger partial charge in [0, 0.05) is 13.1 Å². The Bertz CT molecular complexity index is 558. The van der Waals surface area contributed by atoms with Gasteiger partial charge in [0.05, 0.1) is 9.37 Å². The maximum absolute atomic E-state index is 13.5. The molecule has 0 saturated heterocycles. The molecule has 0 unspecified atom stereocenters. The van der Waals surface area contributed by atoms with Crippen molar-refractivity contribution in [3.8, 4) is 0 Å². The van der Waals surface area contributed by atoms with Crippen LogP contribution < -0.4 is 0 Å². The summed E-state index contributed by atoms with van der Waals surface area (Å²) >= 11 is 3.03. The molecule has 1 aliphatic rings. The zero-order valence-corrected chi connectivity index (χ0v) is 13.2. The lowest BCUT2D eigenvalue weighted by Gasteiger charge is -2.31. The normalized spacial score (nSPS) is 16.6. The molecule has 1 saturated carbocycles. The fourth-order valence-electron chi connectivity index (χ4n) is 2.15. The zero-order valence-electron chi connectivity index (χ0n) is 10.8. The van der Waals surface area contributed by atoms with Crippen molar-refractivity contribution in [2.75, 3.05) is 13.1 Å². The van der Waals surface area contributed by atoms with Crippen LogP contribution in [0.25, 0.3) is 0 Å². The minimum Gasteiger partial charge on any atom is -0.207 e. The molecule has 1 aromatic carbocycles. The van der Waals surface area contributed by atoms with Crippen molar-refractivity contribution in [2.45, 2.75) is 31.1 Å². The number of sulfonamides is 1. The van der Waals surface area contributed by atoms with E-state index in [2.05, 4.69) is 15.9 Å². The summed E-state index contributed by atoms with van der Waals surface area (Å²) in [5.74, 6) is -0.101. The van der Waals surface area contributed by atoms with E-state index in [1.165, 1.54) is 22.9 Å². The average molecular weight is 350 g/mol. The van der Waals surface area contributed by atoms with Crippen LogP contribution in [0.2, 0.25) is 0 Å². The molecule has 0 N–H and O–H groups in total. The molecular formula is C13H17BrFNO2S. The van der Waals surface area contributed by atoms with E-state index in [0.29, 0.717) is 19.0 Å². The van der Waals surface area contributed by atoms with Crippen LogP contribution in [0.15, 0.2) is 27.6 Å². The molecule has 2 rings (SSSR count). The highest BCUT2D eigenvalue weighted by atomic mass is 79.9. The molecule has 0 bridgehead atoms. The summed E-state index contributed by atoms with van der Waals surface area (Å²) in [6.07, 6.45) is 3.34. The van der Waals surface area contributed by atoms with Crippen LogP contribution in [0.5, 0.6) is 0 Å². The highest BCUT2D eigenvalue weighted by molar-refractivity contribution is 9.10. The van der Waals surface area contributed by atoms with Gasteiger partial charge in [-0.1, -0.05) is 13.3 Å². The molecule has 3 nitrogen and oxygen atoms in total. The average Bonchev–Trinajstić information content (AvgIpc) is 2.31. The lowest BCUT2D eigenvalue weighted by Crippen LogP contribution is -2.37. The smallest absolute Gasteiger partial charge is 0.207 e. The topological polar surface area (TPSA) is 37.4 Å². The van der Waals surface area contributed by atoms with Gasteiger partial charge in [0.25, 0.3) is 0 Å². The van der Waals surface area contributed by atoms with E-state index in [1.54, 1.807) is 0 Å². The third-order valence-corrected chi connectivity index (χ3v) is 6.15. The molecule has 0 atom stereocenters. The number of halogens is 2. The molecule has 106 valence electrons. The van der Waals surface area contributed by atoms with Gasteiger partial charge in [0.15, 0.2) is 0 Å². The van der Waals surface area contributed by atoms with Crippen molar-refractivity contribution in [1.29, 1.82) is 0 Å². The SMILES string of the molecule is CCN(CC1CCC1)S(=O)(=O)c1ccc(Br)c(F)c1. The maximum atomic E-state index is 13.5. The Morgan fingerprint density at radius 2 is 2.11 bits per heavy atom. The van der Waals surface area contributed by atoms with Crippen molar-refractivity contribution in [2.24, 2.45) is 5.92 Å². The fourth-order valence-corrected chi connectivity index (χ4v) is 3.93. The van der Waals surface area contributed by atoms with E-state index in [9.17, 15) is 12.8 Å². The Morgan fingerprint density at radius 3 is 2.58 bits per heavy atom. The number of hydrogen-bond donors (Lipinski definition) is 0. The van der Waals surface area contributed by atoms with Crippen LogP contribution in [-0.2, 0) is 10.0 Å². The van der Waals surface area contributed by atoms with Crippen molar-refractivity contribution in [3.05, 3.63) is 28.5 Å². The van der Waals surface area contributed by atoms with Crippen LogP contribution in [-0.4, -0.2) is 25.8 Å². The van der Waals surface area contributed by atoms with E-state index >= 15 is 0 Å². The first-order valence-corrected chi connectivity index (χ1v) is 8.63. The summed E-state index contributed by atoms with van der Waals surface area (Å²) in [4.78, 5) is 0.0226. The summed E-state index contributed by atoms with van der Waals surface area (Å²) in [6, 6.07) is 3.94. The number of rotatable bonds is 5. The second kappa shape index (κ2) is 5.89. The molecule has 0 heterocycles. The molecular weight excluding hydrogens is 333 g/mol. The Morgan fingerprint density at radius 1 is 1.42 bits per heavy atom.